The van der Waals surface area contributed by atoms with E-state index < -0.39 is 53.5 Å². The highest BCUT2D eigenvalue weighted by molar-refractivity contribution is 9.10. The van der Waals surface area contributed by atoms with Crippen LogP contribution in [0, 0.1) is 17.0 Å². The van der Waals surface area contributed by atoms with Crippen LogP contribution in [-0.2, 0) is 11.3 Å². The Kier molecular flexibility index (Phi) is 6.37. The number of ether oxygens (including phenoxy) is 1. The van der Waals surface area contributed by atoms with Gasteiger partial charge in [0.2, 0.25) is 0 Å². The largest absolute Gasteiger partial charge is 0.445 e. The fraction of sp³-hybridized carbons (Fsp3) is 0.353. The molecule has 0 spiro atoms. The number of halogens is 4. The third-order valence-electron chi connectivity index (χ3n) is 3.65. The first-order valence-corrected chi connectivity index (χ1v) is 8.80. The normalized spacial score (nSPS) is 12.7. The highest BCUT2D eigenvalue weighted by Crippen LogP contribution is 2.30. The van der Waals surface area contributed by atoms with Gasteiger partial charge in [0, 0.05) is 15.5 Å². The Hall–Kier alpha value is -2.56. The summed E-state index contributed by atoms with van der Waals surface area (Å²) in [6.07, 6.45) is -0.199. The molecule has 1 aromatic heterocycles. The molecule has 1 aromatic carbocycles. The standard InChI is InChI=1S/C17H18BrF3N4O3/c1-17(2,3)14(21)9(7-28-15(22)26)6-25-16(27)24(8-23-25)13-11(19)4-10(18)5-12(13)20/h4-5,8H,6-7H2,1-3H3,(H2,22,26)/b14-9+. The molecule has 1 amide bonds. The molecule has 0 aliphatic rings. The summed E-state index contributed by atoms with van der Waals surface area (Å²) in [6, 6.07) is 1.99. The second kappa shape index (κ2) is 8.21. The Morgan fingerprint density at radius 1 is 1.29 bits per heavy atom. The van der Waals surface area contributed by atoms with E-state index in [1.807, 2.05) is 0 Å². The van der Waals surface area contributed by atoms with Crippen molar-refractivity contribution in [2.24, 2.45) is 11.1 Å². The molecule has 2 rings (SSSR count). The molecular weight excluding hydrogens is 445 g/mol. The van der Waals surface area contributed by atoms with Gasteiger partial charge in [0.1, 0.15) is 24.4 Å². The van der Waals surface area contributed by atoms with Crippen LogP contribution in [0.2, 0.25) is 0 Å². The summed E-state index contributed by atoms with van der Waals surface area (Å²) in [5, 5.41) is 3.78. The number of primary amides is 1. The summed E-state index contributed by atoms with van der Waals surface area (Å²) in [5.74, 6) is -2.60. The van der Waals surface area contributed by atoms with E-state index in [9.17, 15) is 22.8 Å². The van der Waals surface area contributed by atoms with E-state index in [-0.39, 0.29) is 10.0 Å². The number of hydrogen-bond acceptors (Lipinski definition) is 4. The number of nitrogens with two attached hydrogens (primary N) is 1. The molecule has 2 N–H and O–H groups in total. The van der Waals surface area contributed by atoms with Crippen LogP contribution in [0.25, 0.3) is 5.69 Å². The molecule has 28 heavy (non-hydrogen) atoms. The predicted octanol–water partition coefficient (Wildman–Crippen LogP) is 3.44. The maximum absolute atomic E-state index is 14.7. The van der Waals surface area contributed by atoms with Crippen LogP contribution >= 0.6 is 15.9 Å². The first-order valence-electron chi connectivity index (χ1n) is 8.01. The minimum Gasteiger partial charge on any atom is -0.445 e. The van der Waals surface area contributed by atoms with Gasteiger partial charge >= 0.3 is 11.8 Å². The highest BCUT2D eigenvalue weighted by Gasteiger charge is 2.24. The van der Waals surface area contributed by atoms with Crippen LogP contribution < -0.4 is 11.4 Å². The van der Waals surface area contributed by atoms with E-state index >= 15 is 0 Å². The third-order valence-corrected chi connectivity index (χ3v) is 4.11. The Bertz CT molecular complexity index is 969. The van der Waals surface area contributed by atoms with Gasteiger partial charge in [-0.25, -0.2) is 32.0 Å². The van der Waals surface area contributed by atoms with Crippen LogP contribution in [0.5, 0.6) is 0 Å². The average Bonchev–Trinajstić information content (AvgIpc) is 2.89. The smallest absolute Gasteiger partial charge is 0.404 e. The molecule has 152 valence electrons. The van der Waals surface area contributed by atoms with Gasteiger partial charge in [0.05, 0.1) is 6.54 Å². The van der Waals surface area contributed by atoms with Gasteiger partial charge in [-0.15, -0.1) is 0 Å². The van der Waals surface area contributed by atoms with Gasteiger partial charge in [0.25, 0.3) is 0 Å². The van der Waals surface area contributed by atoms with Crippen molar-refractivity contribution in [3.63, 3.8) is 0 Å². The molecule has 0 radical (unpaired) electrons. The number of aromatic nitrogens is 3. The van der Waals surface area contributed by atoms with Crippen molar-refractivity contribution in [3.05, 3.63) is 56.5 Å². The molecule has 0 aliphatic heterocycles. The Morgan fingerprint density at radius 2 is 1.86 bits per heavy atom. The summed E-state index contributed by atoms with van der Waals surface area (Å²) in [5.41, 5.74) is 2.40. The third kappa shape index (κ3) is 4.83. The first-order chi connectivity index (χ1) is 12.9. The Morgan fingerprint density at radius 3 is 2.36 bits per heavy atom. The monoisotopic (exact) mass is 462 g/mol. The molecule has 1 heterocycles. The van der Waals surface area contributed by atoms with Crippen molar-refractivity contribution >= 4 is 22.0 Å². The predicted molar refractivity (Wildman–Crippen MR) is 98.6 cm³/mol. The molecule has 0 aliphatic carbocycles. The average molecular weight is 463 g/mol. The number of amides is 1. The van der Waals surface area contributed by atoms with Crippen LogP contribution in [0.1, 0.15) is 20.8 Å². The lowest BCUT2D eigenvalue weighted by atomic mass is 9.92. The summed E-state index contributed by atoms with van der Waals surface area (Å²) in [7, 11) is 0. The minimum absolute atomic E-state index is 0.0598. The highest BCUT2D eigenvalue weighted by atomic mass is 79.9. The summed E-state index contributed by atoms with van der Waals surface area (Å²) < 4.78 is 49.3. The molecule has 0 saturated heterocycles. The maximum Gasteiger partial charge on any atom is 0.404 e. The van der Waals surface area contributed by atoms with Crippen molar-refractivity contribution in [1.29, 1.82) is 0 Å². The van der Waals surface area contributed by atoms with Gasteiger partial charge in [-0.3, -0.25) is 0 Å². The second-order valence-electron chi connectivity index (χ2n) is 6.93. The van der Waals surface area contributed by atoms with E-state index in [0.717, 1.165) is 23.1 Å². The number of rotatable bonds is 5. The van der Waals surface area contributed by atoms with Crippen LogP contribution in [0.15, 0.2) is 39.1 Å². The van der Waals surface area contributed by atoms with E-state index in [0.29, 0.717) is 4.57 Å². The molecule has 2 aromatic rings. The topological polar surface area (TPSA) is 92.1 Å². The fourth-order valence-corrected chi connectivity index (χ4v) is 2.81. The van der Waals surface area contributed by atoms with Gasteiger partial charge < -0.3 is 10.5 Å². The Balaban J connectivity index is 2.47. The molecule has 0 saturated carbocycles. The van der Waals surface area contributed by atoms with Crippen molar-refractivity contribution in [3.8, 4) is 5.69 Å². The number of carbonyl (C=O) groups excluding carboxylic acids is 1. The molecule has 0 atom stereocenters. The van der Waals surface area contributed by atoms with E-state index in [4.69, 9.17) is 5.73 Å². The zero-order valence-electron chi connectivity index (χ0n) is 15.3. The van der Waals surface area contributed by atoms with Gasteiger partial charge in [-0.05, 0) is 12.1 Å². The van der Waals surface area contributed by atoms with Crippen molar-refractivity contribution in [2.75, 3.05) is 6.61 Å². The zero-order valence-corrected chi connectivity index (χ0v) is 16.9. The van der Waals surface area contributed by atoms with E-state index in [1.54, 1.807) is 20.8 Å². The second-order valence-corrected chi connectivity index (χ2v) is 7.85. The van der Waals surface area contributed by atoms with Crippen molar-refractivity contribution in [2.45, 2.75) is 27.3 Å². The SMILES string of the molecule is CC(C)(C)/C(F)=C(\COC(N)=O)Cn1ncn(-c2c(F)cc(Br)cc2F)c1=O. The number of benzene rings is 1. The molecule has 7 nitrogen and oxygen atoms in total. The molecular formula is C17H18BrF3N4O3. The first kappa shape index (κ1) is 21.7. The summed E-state index contributed by atoms with van der Waals surface area (Å²) in [6.45, 7) is 3.85. The van der Waals surface area contributed by atoms with Crippen LogP contribution in [-0.4, -0.2) is 27.0 Å². The van der Waals surface area contributed by atoms with E-state index in [1.165, 1.54) is 0 Å². The molecule has 0 bridgehead atoms. The zero-order chi connectivity index (χ0) is 21.2. The van der Waals surface area contributed by atoms with Crippen molar-refractivity contribution in [1.82, 2.24) is 14.3 Å². The fourth-order valence-electron chi connectivity index (χ4n) is 2.41. The molecule has 0 unspecified atom stereocenters. The molecule has 0 fully saturated rings. The summed E-state index contributed by atoms with van der Waals surface area (Å²) in [4.78, 5) is 23.4. The molecule has 11 heteroatoms. The summed E-state index contributed by atoms with van der Waals surface area (Å²) >= 11 is 2.95. The van der Waals surface area contributed by atoms with Gasteiger partial charge in [-0.2, -0.15) is 5.10 Å². The minimum atomic E-state index is -1.11. The Labute approximate surface area is 166 Å². The van der Waals surface area contributed by atoms with Gasteiger partial charge in [0.15, 0.2) is 11.6 Å². The van der Waals surface area contributed by atoms with Crippen LogP contribution in [0.4, 0.5) is 18.0 Å². The van der Waals surface area contributed by atoms with E-state index in [2.05, 4.69) is 25.8 Å². The van der Waals surface area contributed by atoms with Gasteiger partial charge in [-0.1, -0.05) is 36.7 Å². The maximum atomic E-state index is 14.7. The lowest BCUT2D eigenvalue weighted by Gasteiger charge is -2.20. The lowest BCUT2D eigenvalue weighted by Crippen LogP contribution is -2.28. The lowest BCUT2D eigenvalue weighted by molar-refractivity contribution is 0.163. The number of nitrogens with zero attached hydrogens (tertiary/aromatic N) is 3. The van der Waals surface area contributed by atoms with Crippen molar-refractivity contribution < 1.29 is 22.7 Å². The number of carbonyl (C=O) groups is 1. The van der Waals surface area contributed by atoms with Crippen LogP contribution in [0.3, 0.4) is 0 Å². The quantitative estimate of drug-likeness (QED) is 0.736. The number of hydrogen-bond donors (Lipinski definition) is 1. The number of allylic oxidation sites excluding steroid dienone is 1.